The van der Waals surface area contributed by atoms with Gasteiger partial charge in [-0.2, -0.15) is 0 Å². The van der Waals surface area contributed by atoms with E-state index in [9.17, 15) is 0 Å². The van der Waals surface area contributed by atoms with E-state index >= 15 is 0 Å². The third kappa shape index (κ3) is 2.58. The van der Waals surface area contributed by atoms with Crippen molar-refractivity contribution in [3.63, 3.8) is 0 Å². The maximum Gasteiger partial charge on any atom is 0.0647 e. The van der Waals surface area contributed by atoms with Gasteiger partial charge in [-0.05, 0) is 58.3 Å². The number of piperidine rings is 2. The number of likely N-dealkylation sites (tertiary alicyclic amines) is 1. The fraction of sp³-hybridized carbons (Fsp3) is 1.00. The van der Waals surface area contributed by atoms with Crippen molar-refractivity contribution in [2.24, 2.45) is 5.92 Å². The first-order chi connectivity index (χ1) is 7.77. The van der Waals surface area contributed by atoms with Crippen LogP contribution in [-0.4, -0.2) is 50.8 Å². The highest BCUT2D eigenvalue weighted by Gasteiger charge is 2.40. The summed E-state index contributed by atoms with van der Waals surface area (Å²) in [5.74, 6) is 0.809. The molecule has 0 aliphatic carbocycles. The van der Waals surface area contributed by atoms with Gasteiger partial charge in [-0.15, -0.1) is 0 Å². The molecule has 0 radical (unpaired) electrons. The number of hydrogen-bond donors (Lipinski definition) is 1. The lowest BCUT2D eigenvalue weighted by Gasteiger charge is -2.47. The second-order valence-corrected chi connectivity index (χ2v) is 5.55. The number of nitrogens with one attached hydrogen (secondary N) is 1. The van der Waals surface area contributed by atoms with Gasteiger partial charge in [0.05, 0.1) is 6.61 Å². The summed E-state index contributed by atoms with van der Waals surface area (Å²) in [6, 6.07) is 0. The van der Waals surface area contributed by atoms with E-state index in [1.807, 2.05) is 7.11 Å². The number of rotatable bonds is 3. The van der Waals surface area contributed by atoms with Crippen LogP contribution in [0.15, 0.2) is 0 Å². The molecule has 0 bridgehead atoms. The molecule has 2 heterocycles. The molecule has 94 valence electrons. The van der Waals surface area contributed by atoms with Crippen LogP contribution in [0.2, 0.25) is 0 Å². The molecule has 0 amide bonds. The lowest BCUT2D eigenvalue weighted by Crippen LogP contribution is -2.59. The van der Waals surface area contributed by atoms with Gasteiger partial charge >= 0.3 is 0 Å². The summed E-state index contributed by atoms with van der Waals surface area (Å²) in [5.41, 5.74) is 0.286. The Morgan fingerprint density at radius 2 is 2.06 bits per heavy atom. The Morgan fingerprint density at radius 1 is 1.31 bits per heavy atom. The molecule has 0 aromatic carbocycles. The van der Waals surface area contributed by atoms with Crippen LogP contribution in [0.4, 0.5) is 0 Å². The van der Waals surface area contributed by atoms with Crippen molar-refractivity contribution in [1.29, 1.82) is 0 Å². The van der Waals surface area contributed by atoms with Crippen LogP contribution < -0.4 is 5.32 Å². The minimum Gasteiger partial charge on any atom is -0.383 e. The van der Waals surface area contributed by atoms with Gasteiger partial charge in [0, 0.05) is 12.6 Å². The average molecular weight is 226 g/mol. The van der Waals surface area contributed by atoms with Gasteiger partial charge < -0.3 is 15.0 Å². The van der Waals surface area contributed by atoms with Crippen LogP contribution in [0, 0.1) is 5.92 Å². The van der Waals surface area contributed by atoms with Crippen LogP contribution in [0.5, 0.6) is 0 Å². The van der Waals surface area contributed by atoms with Gasteiger partial charge in [0.2, 0.25) is 0 Å². The monoisotopic (exact) mass is 226 g/mol. The van der Waals surface area contributed by atoms with E-state index < -0.39 is 0 Å². The molecule has 0 saturated carbocycles. The van der Waals surface area contributed by atoms with Crippen molar-refractivity contribution in [2.75, 3.05) is 40.4 Å². The van der Waals surface area contributed by atoms with Crippen molar-refractivity contribution < 1.29 is 4.74 Å². The third-order valence-corrected chi connectivity index (χ3v) is 4.43. The van der Waals surface area contributed by atoms with Gasteiger partial charge in [0.1, 0.15) is 0 Å². The van der Waals surface area contributed by atoms with E-state index in [0.717, 1.165) is 12.5 Å². The molecule has 1 atom stereocenters. The SMILES string of the molecule is COCC1(C2CCN(C)CC2)CCCCN1. The smallest absolute Gasteiger partial charge is 0.0647 e. The third-order valence-electron chi connectivity index (χ3n) is 4.43. The Kier molecular flexibility index (Phi) is 4.22. The summed E-state index contributed by atoms with van der Waals surface area (Å²) < 4.78 is 5.49. The Hall–Kier alpha value is -0.120. The van der Waals surface area contributed by atoms with E-state index in [-0.39, 0.29) is 5.54 Å². The van der Waals surface area contributed by atoms with Gasteiger partial charge in [-0.1, -0.05) is 6.42 Å². The Morgan fingerprint density at radius 3 is 2.62 bits per heavy atom. The Balaban J connectivity index is 2.00. The molecule has 0 aromatic rings. The fourth-order valence-electron chi connectivity index (χ4n) is 3.40. The van der Waals surface area contributed by atoms with Crippen LogP contribution in [0.1, 0.15) is 32.1 Å². The number of nitrogens with zero attached hydrogens (tertiary/aromatic N) is 1. The van der Waals surface area contributed by atoms with Crippen molar-refractivity contribution in [3.8, 4) is 0 Å². The van der Waals surface area contributed by atoms with E-state index in [1.54, 1.807) is 0 Å². The minimum absolute atomic E-state index is 0.286. The second-order valence-electron chi connectivity index (χ2n) is 5.55. The normalized spacial score (nSPS) is 34.1. The zero-order valence-corrected chi connectivity index (χ0v) is 10.8. The second kappa shape index (κ2) is 5.48. The Bertz CT molecular complexity index is 200. The summed E-state index contributed by atoms with van der Waals surface area (Å²) in [6.45, 7) is 4.56. The Labute approximate surface area is 99.5 Å². The summed E-state index contributed by atoms with van der Waals surface area (Å²) >= 11 is 0. The molecule has 2 fully saturated rings. The van der Waals surface area contributed by atoms with Crippen LogP contribution >= 0.6 is 0 Å². The lowest BCUT2D eigenvalue weighted by atomic mass is 9.73. The molecule has 2 aliphatic heterocycles. The zero-order valence-electron chi connectivity index (χ0n) is 10.8. The highest BCUT2D eigenvalue weighted by Crippen LogP contribution is 2.34. The molecule has 0 aromatic heterocycles. The predicted octanol–water partition coefficient (Wildman–Crippen LogP) is 1.49. The largest absolute Gasteiger partial charge is 0.383 e. The van der Waals surface area contributed by atoms with Crippen LogP contribution in [0.3, 0.4) is 0 Å². The molecule has 3 heteroatoms. The van der Waals surface area contributed by atoms with E-state index in [1.165, 1.54) is 51.7 Å². The summed E-state index contributed by atoms with van der Waals surface area (Å²) in [7, 11) is 4.07. The first kappa shape index (κ1) is 12.3. The van der Waals surface area contributed by atoms with Gasteiger partial charge in [-0.25, -0.2) is 0 Å². The highest BCUT2D eigenvalue weighted by atomic mass is 16.5. The molecule has 2 aliphatic rings. The number of methoxy groups -OCH3 is 1. The van der Waals surface area contributed by atoms with Crippen molar-refractivity contribution in [2.45, 2.75) is 37.6 Å². The van der Waals surface area contributed by atoms with Crippen molar-refractivity contribution in [3.05, 3.63) is 0 Å². The molecule has 0 spiro atoms. The number of hydrogen-bond acceptors (Lipinski definition) is 3. The summed E-state index contributed by atoms with van der Waals surface area (Å²) in [4.78, 5) is 2.44. The molecule has 1 N–H and O–H groups in total. The van der Waals surface area contributed by atoms with Crippen LogP contribution in [-0.2, 0) is 4.74 Å². The van der Waals surface area contributed by atoms with Crippen LogP contribution in [0.25, 0.3) is 0 Å². The van der Waals surface area contributed by atoms with E-state index in [4.69, 9.17) is 4.74 Å². The molecular formula is C13H26N2O. The maximum atomic E-state index is 5.49. The molecule has 3 nitrogen and oxygen atoms in total. The first-order valence-corrected chi connectivity index (χ1v) is 6.69. The van der Waals surface area contributed by atoms with E-state index in [2.05, 4.69) is 17.3 Å². The predicted molar refractivity (Wildman–Crippen MR) is 66.7 cm³/mol. The molecular weight excluding hydrogens is 200 g/mol. The average Bonchev–Trinajstić information content (AvgIpc) is 2.31. The quantitative estimate of drug-likeness (QED) is 0.789. The lowest BCUT2D eigenvalue weighted by molar-refractivity contribution is 0.0235. The van der Waals surface area contributed by atoms with Gasteiger partial charge in [0.15, 0.2) is 0 Å². The van der Waals surface area contributed by atoms with Gasteiger partial charge in [-0.3, -0.25) is 0 Å². The fourth-order valence-corrected chi connectivity index (χ4v) is 3.40. The van der Waals surface area contributed by atoms with Gasteiger partial charge in [0.25, 0.3) is 0 Å². The molecule has 1 unspecified atom stereocenters. The molecule has 2 rings (SSSR count). The zero-order chi connectivity index (χ0) is 11.4. The summed E-state index contributed by atoms with van der Waals surface area (Å²) in [5, 5.41) is 3.77. The minimum atomic E-state index is 0.286. The highest BCUT2D eigenvalue weighted by molar-refractivity contribution is 4.98. The number of ether oxygens (including phenoxy) is 1. The topological polar surface area (TPSA) is 24.5 Å². The first-order valence-electron chi connectivity index (χ1n) is 6.69. The molecule has 16 heavy (non-hydrogen) atoms. The van der Waals surface area contributed by atoms with Crippen molar-refractivity contribution >= 4 is 0 Å². The van der Waals surface area contributed by atoms with Crippen molar-refractivity contribution in [1.82, 2.24) is 10.2 Å². The molecule has 2 saturated heterocycles. The summed E-state index contributed by atoms with van der Waals surface area (Å²) in [6.07, 6.45) is 6.65. The standard InChI is InChI=1S/C13H26N2O/c1-15-9-5-12(6-10-15)13(11-16-2)7-3-4-8-14-13/h12,14H,3-11H2,1-2H3. The van der Waals surface area contributed by atoms with E-state index in [0.29, 0.717) is 0 Å². The maximum absolute atomic E-state index is 5.49.